The number of piperazine rings is 1. The molecule has 1 saturated heterocycles. The molecule has 2 heterocycles. The molecule has 0 unspecified atom stereocenters. The summed E-state index contributed by atoms with van der Waals surface area (Å²) in [6.07, 6.45) is 1.17. The Bertz CT molecular complexity index is 702. The molecule has 0 atom stereocenters. The van der Waals surface area contributed by atoms with Crippen LogP contribution in [0.4, 0.5) is 5.69 Å². The lowest BCUT2D eigenvalue weighted by molar-refractivity contribution is -0.136. The first-order valence-corrected chi connectivity index (χ1v) is 8.80. The Labute approximate surface area is 144 Å². The minimum absolute atomic E-state index is 0.0373. The zero-order chi connectivity index (χ0) is 16.2. The number of carbonyl (C=O) groups excluding carboxylic acids is 2. The quantitative estimate of drug-likeness (QED) is 0.851. The topological polar surface area (TPSA) is 40.6 Å². The summed E-state index contributed by atoms with van der Waals surface area (Å²) in [5, 5.41) is 4.66. The number of anilines is 1. The summed E-state index contributed by atoms with van der Waals surface area (Å²) in [5.41, 5.74) is 1.96. The fraction of sp³-hybridized carbons (Fsp3) is 0.294. The number of aryl methyl sites for hydroxylation is 1. The van der Waals surface area contributed by atoms with Gasteiger partial charge in [0.15, 0.2) is 0 Å². The van der Waals surface area contributed by atoms with Gasteiger partial charge in [-0.1, -0.05) is 17.7 Å². The van der Waals surface area contributed by atoms with Crippen molar-refractivity contribution >= 4 is 40.4 Å². The fourth-order valence-electron chi connectivity index (χ4n) is 2.65. The van der Waals surface area contributed by atoms with Crippen molar-refractivity contribution < 1.29 is 9.59 Å². The van der Waals surface area contributed by atoms with E-state index in [1.54, 1.807) is 33.3 Å². The number of nitrogens with zero attached hydrogens (tertiary/aromatic N) is 2. The van der Waals surface area contributed by atoms with E-state index >= 15 is 0 Å². The smallest absolute Gasteiger partial charge is 0.246 e. The molecular weight excluding hydrogens is 332 g/mol. The number of thiophene rings is 1. The standard InChI is InChI=1S/C17H17ClN2O2S/c18-14-2-1-3-15(10-14)20-8-7-19(11-17(20)22)16(21)5-4-13-6-9-23-12-13/h1-3,6,9-10,12H,4-5,7-8,11H2. The van der Waals surface area contributed by atoms with Crippen LogP contribution < -0.4 is 4.90 Å². The highest BCUT2D eigenvalue weighted by molar-refractivity contribution is 7.07. The third-order valence-corrected chi connectivity index (χ3v) is 4.87. The Morgan fingerprint density at radius 1 is 1.26 bits per heavy atom. The zero-order valence-corrected chi connectivity index (χ0v) is 14.1. The van der Waals surface area contributed by atoms with Gasteiger partial charge in [0.1, 0.15) is 6.54 Å². The normalized spacial score (nSPS) is 15.1. The lowest BCUT2D eigenvalue weighted by Gasteiger charge is -2.34. The summed E-state index contributed by atoms with van der Waals surface area (Å²) in [6.45, 7) is 1.19. The summed E-state index contributed by atoms with van der Waals surface area (Å²) < 4.78 is 0. The van der Waals surface area contributed by atoms with Crippen molar-refractivity contribution in [1.82, 2.24) is 4.90 Å². The number of hydrogen-bond acceptors (Lipinski definition) is 3. The molecule has 2 aromatic rings. The van der Waals surface area contributed by atoms with Crippen LogP contribution in [0.25, 0.3) is 0 Å². The van der Waals surface area contributed by atoms with E-state index in [1.807, 2.05) is 23.6 Å². The Hall–Kier alpha value is -1.85. The van der Waals surface area contributed by atoms with E-state index in [-0.39, 0.29) is 18.4 Å². The van der Waals surface area contributed by atoms with Gasteiger partial charge in [-0.05, 0) is 47.0 Å². The molecule has 2 amide bonds. The van der Waals surface area contributed by atoms with E-state index in [0.717, 1.165) is 12.1 Å². The monoisotopic (exact) mass is 348 g/mol. The minimum Gasteiger partial charge on any atom is -0.332 e. The van der Waals surface area contributed by atoms with Crippen LogP contribution in [0, 0.1) is 0 Å². The van der Waals surface area contributed by atoms with Crippen molar-refractivity contribution in [2.24, 2.45) is 0 Å². The Morgan fingerprint density at radius 3 is 2.83 bits per heavy atom. The van der Waals surface area contributed by atoms with E-state index in [4.69, 9.17) is 11.6 Å². The lowest BCUT2D eigenvalue weighted by Crippen LogP contribution is -2.52. The Morgan fingerprint density at radius 2 is 2.13 bits per heavy atom. The third-order valence-electron chi connectivity index (χ3n) is 3.90. The van der Waals surface area contributed by atoms with Crippen LogP contribution in [0.1, 0.15) is 12.0 Å². The molecule has 0 spiro atoms. The first-order chi connectivity index (χ1) is 11.1. The maximum Gasteiger partial charge on any atom is 0.246 e. The summed E-state index contributed by atoms with van der Waals surface area (Å²) >= 11 is 7.61. The van der Waals surface area contributed by atoms with Crippen LogP contribution in [0.2, 0.25) is 5.02 Å². The van der Waals surface area contributed by atoms with Crippen LogP contribution >= 0.6 is 22.9 Å². The van der Waals surface area contributed by atoms with Crippen LogP contribution in [0.15, 0.2) is 41.1 Å². The van der Waals surface area contributed by atoms with Gasteiger partial charge in [0.25, 0.3) is 0 Å². The van der Waals surface area contributed by atoms with Gasteiger partial charge < -0.3 is 9.80 Å². The van der Waals surface area contributed by atoms with Gasteiger partial charge in [-0.15, -0.1) is 0 Å². The molecule has 0 N–H and O–H groups in total. The molecule has 4 nitrogen and oxygen atoms in total. The van der Waals surface area contributed by atoms with Crippen molar-refractivity contribution in [2.45, 2.75) is 12.8 Å². The second kappa shape index (κ2) is 7.15. The van der Waals surface area contributed by atoms with Crippen LogP contribution in [-0.4, -0.2) is 36.3 Å². The number of hydrogen-bond donors (Lipinski definition) is 0. The highest BCUT2D eigenvalue weighted by atomic mass is 35.5. The highest BCUT2D eigenvalue weighted by Crippen LogP contribution is 2.21. The van der Waals surface area contributed by atoms with Gasteiger partial charge >= 0.3 is 0 Å². The van der Waals surface area contributed by atoms with Crippen LogP contribution in [-0.2, 0) is 16.0 Å². The molecule has 23 heavy (non-hydrogen) atoms. The SMILES string of the molecule is O=C(CCc1ccsc1)N1CCN(c2cccc(Cl)c2)C(=O)C1. The van der Waals surface area contributed by atoms with Crippen molar-refractivity contribution in [3.63, 3.8) is 0 Å². The molecule has 120 valence electrons. The van der Waals surface area contributed by atoms with E-state index in [0.29, 0.717) is 24.5 Å². The van der Waals surface area contributed by atoms with E-state index in [9.17, 15) is 9.59 Å². The van der Waals surface area contributed by atoms with Crippen molar-refractivity contribution in [1.29, 1.82) is 0 Å². The van der Waals surface area contributed by atoms with Gasteiger partial charge in [-0.25, -0.2) is 0 Å². The molecule has 6 heteroatoms. The largest absolute Gasteiger partial charge is 0.332 e. The van der Waals surface area contributed by atoms with Gasteiger partial charge in [0.2, 0.25) is 11.8 Å². The number of amides is 2. The second-order valence-electron chi connectivity index (χ2n) is 5.47. The molecule has 1 aliphatic rings. The molecule has 0 bridgehead atoms. The Balaban J connectivity index is 1.57. The molecule has 1 fully saturated rings. The summed E-state index contributed by atoms with van der Waals surface area (Å²) in [7, 11) is 0. The number of carbonyl (C=O) groups is 2. The maximum atomic E-state index is 12.3. The van der Waals surface area contributed by atoms with E-state index < -0.39 is 0 Å². The fourth-order valence-corrected chi connectivity index (χ4v) is 3.54. The zero-order valence-electron chi connectivity index (χ0n) is 12.6. The summed E-state index contributed by atoms with van der Waals surface area (Å²) in [6, 6.07) is 9.26. The first-order valence-electron chi connectivity index (χ1n) is 7.48. The molecular formula is C17H17ClN2O2S. The van der Waals surface area contributed by atoms with Gasteiger partial charge in [-0.2, -0.15) is 11.3 Å². The van der Waals surface area contributed by atoms with Crippen molar-refractivity contribution in [3.05, 3.63) is 51.7 Å². The van der Waals surface area contributed by atoms with E-state index in [1.165, 1.54) is 5.56 Å². The number of halogens is 1. The van der Waals surface area contributed by atoms with Crippen molar-refractivity contribution in [2.75, 3.05) is 24.5 Å². The lowest BCUT2D eigenvalue weighted by atomic mass is 10.1. The molecule has 1 aromatic carbocycles. The predicted molar refractivity (Wildman–Crippen MR) is 93.0 cm³/mol. The Kier molecular flexibility index (Phi) is 4.98. The first kappa shape index (κ1) is 16.0. The van der Waals surface area contributed by atoms with Gasteiger partial charge in [0.05, 0.1) is 0 Å². The minimum atomic E-state index is -0.0672. The maximum absolute atomic E-state index is 12.3. The molecule has 1 aliphatic heterocycles. The molecule has 3 rings (SSSR count). The van der Waals surface area contributed by atoms with Gasteiger partial charge in [0, 0.05) is 30.2 Å². The molecule has 1 aromatic heterocycles. The van der Waals surface area contributed by atoms with Crippen molar-refractivity contribution in [3.8, 4) is 0 Å². The average molecular weight is 349 g/mol. The predicted octanol–water partition coefficient (Wildman–Crippen LogP) is 3.21. The number of rotatable bonds is 4. The second-order valence-corrected chi connectivity index (χ2v) is 6.69. The van der Waals surface area contributed by atoms with Crippen LogP contribution in [0.3, 0.4) is 0 Å². The molecule has 0 aliphatic carbocycles. The highest BCUT2D eigenvalue weighted by Gasteiger charge is 2.27. The number of benzene rings is 1. The molecule has 0 radical (unpaired) electrons. The average Bonchev–Trinajstić information content (AvgIpc) is 3.06. The summed E-state index contributed by atoms with van der Waals surface area (Å²) in [5.74, 6) is -0.0299. The third kappa shape index (κ3) is 3.92. The van der Waals surface area contributed by atoms with E-state index in [2.05, 4.69) is 5.38 Å². The molecule has 0 saturated carbocycles. The van der Waals surface area contributed by atoms with Crippen LogP contribution in [0.5, 0.6) is 0 Å². The summed E-state index contributed by atoms with van der Waals surface area (Å²) in [4.78, 5) is 28.0. The van der Waals surface area contributed by atoms with Gasteiger partial charge in [-0.3, -0.25) is 9.59 Å².